The number of hydrogen-bond acceptors (Lipinski definition) is 1. The monoisotopic (exact) mass is 388 g/mol. The first-order chi connectivity index (χ1) is 11.8. The lowest BCUT2D eigenvalue weighted by Gasteiger charge is -2.25. The van der Waals surface area contributed by atoms with Gasteiger partial charge in [-0.1, -0.05) is 98.3 Å². The molecule has 0 aliphatic carbocycles. The standard InChI is InChI=1S/C15H29F3O.C6H14.FH/c1-4-6-7-8-9-10-11-12-14(19-5-2)13(3)15(16,17)18;1-3-5-6-4-2;/h13-14H,4-12H2,1-3H3;3-6H2,1-2H3;1H. The molecule has 162 valence electrons. The lowest BCUT2D eigenvalue weighted by molar-refractivity contribution is -0.202. The maximum Gasteiger partial charge on any atom is 0.394 e. The van der Waals surface area contributed by atoms with Crippen LogP contribution in [-0.4, -0.2) is 18.9 Å². The van der Waals surface area contributed by atoms with E-state index in [1.165, 1.54) is 58.3 Å². The second-order valence-corrected chi connectivity index (χ2v) is 6.94. The van der Waals surface area contributed by atoms with E-state index in [1.54, 1.807) is 6.92 Å². The minimum absolute atomic E-state index is 0. The molecule has 0 N–H and O–H groups in total. The highest BCUT2D eigenvalue weighted by molar-refractivity contribution is 4.73. The molecule has 0 rings (SSSR count). The van der Waals surface area contributed by atoms with Gasteiger partial charge in [-0.3, -0.25) is 4.70 Å². The molecule has 0 aliphatic rings. The smallest absolute Gasteiger partial charge is 0.378 e. The van der Waals surface area contributed by atoms with Crippen molar-refractivity contribution in [2.45, 2.75) is 124 Å². The first-order valence-electron chi connectivity index (χ1n) is 10.5. The number of unbranched alkanes of at least 4 members (excludes halogenated alkanes) is 9. The Balaban J connectivity index is -0.000000649. The molecule has 1 nitrogen and oxygen atoms in total. The predicted molar refractivity (Wildman–Crippen MR) is 106 cm³/mol. The van der Waals surface area contributed by atoms with Crippen molar-refractivity contribution in [2.24, 2.45) is 5.92 Å². The van der Waals surface area contributed by atoms with Crippen LogP contribution in [0, 0.1) is 5.92 Å². The van der Waals surface area contributed by atoms with Gasteiger partial charge in [0, 0.05) is 6.61 Å². The van der Waals surface area contributed by atoms with Gasteiger partial charge in [-0.05, 0) is 13.3 Å². The Kier molecular flexibility index (Phi) is 24.5. The molecule has 0 saturated carbocycles. The molecule has 0 spiro atoms. The van der Waals surface area contributed by atoms with Crippen LogP contribution in [0.15, 0.2) is 0 Å². The highest BCUT2D eigenvalue weighted by Crippen LogP contribution is 2.32. The highest BCUT2D eigenvalue weighted by Gasteiger charge is 2.41. The van der Waals surface area contributed by atoms with Crippen molar-refractivity contribution >= 4 is 0 Å². The third kappa shape index (κ3) is 20.0. The maximum atomic E-state index is 12.7. The van der Waals surface area contributed by atoms with E-state index in [-0.39, 0.29) is 4.70 Å². The SMILES string of the molecule is CCCCCC.CCCCCCCCCC(OCC)C(C)C(F)(F)F.F. The molecule has 0 aromatic carbocycles. The summed E-state index contributed by atoms with van der Waals surface area (Å²) in [7, 11) is 0. The van der Waals surface area contributed by atoms with Crippen LogP contribution in [-0.2, 0) is 4.74 Å². The highest BCUT2D eigenvalue weighted by atomic mass is 19.4. The lowest BCUT2D eigenvalue weighted by atomic mass is 9.97. The third-order valence-corrected chi connectivity index (χ3v) is 4.50. The largest absolute Gasteiger partial charge is 0.394 e. The average Bonchev–Trinajstić information content (AvgIpc) is 2.57. The van der Waals surface area contributed by atoms with Crippen molar-refractivity contribution < 1.29 is 22.6 Å². The normalized spacial score (nSPS) is 13.4. The fraction of sp³-hybridized carbons (Fsp3) is 1.00. The molecule has 0 heterocycles. The topological polar surface area (TPSA) is 9.23 Å². The zero-order valence-electron chi connectivity index (χ0n) is 17.8. The summed E-state index contributed by atoms with van der Waals surface area (Å²) in [6.45, 7) is 9.96. The average molecular weight is 389 g/mol. The second-order valence-electron chi connectivity index (χ2n) is 6.94. The second kappa shape index (κ2) is 21.0. The van der Waals surface area contributed by atoms with E-state index in [0.29, 0.717) is 13.0 Å². The molecule has 26 heavy (non-hydrogen) atoms. The van der Waals surface area contributed by atoms with Crippen LogP contribution in [0.4, 0.5) is 17.9 Å². The van der Waals surface area contributed by atoms with Gasteiger partial charge in [-0.25, -0.2) is 0 Å². The lowest BCUT2D eigenvalue weighted by Crippen LogP contribution is -2.33. The van der Waals surface area contributed by atoms with Gasteiger partial charge in [0.25, 0.3) is 0 Å². The fourth-order valence-corrected chi connectivity index (χ4v) is 2.71. The summed E-state index contributed by atoms with van der Waals surface area (Å²) >= 11 is 0. The van der Waals surface area contributed by atoms with Crippen LogP contribution < -0.4 is 0 Å². The molecule has 5 heteroatoms. The first-order valence-corrected chi connectivity index (χ1v) is 10.5. The molecule has 0 amide bonds. The summed E-state index contributed by atoms with van der Waals surface area (Å²) in [4.78, 5) is 0. The van der Waals surface area contributed by atoms with Crippen molar-refractivity contribution in [1.29, 1.82) is 0 Å². The van der Waals surface area contributed by atoms with Crippen molar-refractivity contribution in [3.05, 3.63) is 0 Å². The Hall–Kier alpha value is -0.320. The van der Waals surface area contributed by atoms with Gasteiger partial charge in [-0.15, -0.1) is 0 Å². The fourth-order valence-electron chi connectivity index (χ4n) is 2.71. The van der Waals surface area contributed by atoms with E-state index < -0.39 is 18.2 Å². The Labute approximate surface area is 159 Å². The summed E-state index contributed by atoms with van der Waals surface area (Å²) in [5.41, 5.74) is 0. The van der Waals surface area contributed by atoms with Crippen LogP contribution in [0.1, 0.15) is 112 Å². The van der Waals surface area contributed by atoms with E-state index in [0.717, 1.165) is 19.3 Å². The first kappa shape index (κ1) is 30.4. The zero-order chi connectivity index (χ0) is 19.6. The predicted octanol–water partition coefficient (Wildman–Crippen LogP) is 8.47. The molecule has 0 aromatic rings. The van der Waals surface area contributed by atoms with Gasteiger partial charge >= 0.3 is 6.18 Å². The molecule has 0 radical (unpaired) electrons. The number of rotatable bonds is 14. The molecular formula is C21H44F4O. The van der Waals surface area contributed by atoms with Gasteiger partial charge in [0.05, 0.1) is 12.0 Å². The van der Waals surface area contributed by atoms with Gasteiger partial charge < -0.3 is 4.74 Å². The van der Waals surface area contributed by atoms with Crippen LogP contribution >= 0.6 is 0 Å². The summed E-state index contributed by atoms with van der Waals surface area (Å²) < 4.78 is 43.2. The van der Waals surface area contributed by atoms with Gasteiger partial charge in [0.1, 0.15) is 0 Å². The summed E-state index contributed by atoms with van der Waals surface area (Å²) in [5.74, 6) is -1.37. The summed E-state index contributed by atoms with van der Waals surface area (Å²) in [5, 5.41) is 0. The Morgan fingerprint density at radius 3 is 1.46 bits per heavy atom. The molecule has 2 unspecified atom stereocenters. The third-order valence-electron chi connectivity index (χ3n) is 4.50. The molecule has 2 atom stereocenters. The molecule has 0 aromatic heterocycles. The number of halogens is 4. The van der Waals surface area contributed by atoms with E-state index in [2.05, 4.69) is 20.8 Å². The number of hydrogen-bond donors (Lipinski definition) is 0. The minimum atomic E-state index is -4.15. The molecule has 0 aliphatic heterocycles. The van der Waals surface area contributed by atoms with Gasteiger partial charge in [0.15, 0.2) is 0 Å². The maximum absolute atomic E-state index is 12.7. The van der Waals surface area contributed by atoms with Crippen molar-refractivity contribution in [3.8, 4) is 0 Å². The molecular weight excluding hydrogens is 344 g/mol. The minimum Gasteiger partial charge on any atom is -0.378 e. The molecule has 0 bridgehead atoms. The zero-order valence-corrected chi connectivity index (χ0v) is 17.8. The van der Waals surface area contributed by atoms with Crippen molar-refractivity contribution in [1.82, 2.24) is 0 Å². The Bertz CT molecular complexity index is 253. The molecule has 0 fully saturated rings. The van der Waals surface area contributed by atoms with Gasteiger partial charge in [-0.2, -0.15) is 13.2 Å². The Morgan fingerprint density at radius 1 is 0.692 bits per heavy atom. The van der Waals surface area contributed by atoms with Crippen molar-refractivity contribution in [2.75, 3.05) is 6.61 Å². The van der Waals surface area contributed by atoms with E-state index in [4.69, 9.17) is 4.74 Å². The van der Waals surface area contributed by atoms with Crippen molar-refractivity contribution in [3.63, 3.8) is 0 Å². The van der Waals surface area contributed by atoms with Crippen LogP contribution in [0.3, 0.4) is 0 Å². The summed E-state index contributed by atoms with van der Waals surface area (Å²) in [6.07, 6.45) is 9.10. The quantitative estimate of drug-likeness (QED) is 0.214. The van der Waals surface area contributed by atoms with E-state index in [1.807, 2.05) is 0 Å². The van der Waals surface area contributed by atoms with Crippen LogP contribution in [0.2, 0.25) is 0 Å². The molecule has 0 saturated heterocycles. The van der Waals surface area contributed by atoms with Gasteiger partial charge in [0.2, 0.25) is 0 Å². The van der Waals surface area contributed by atoms with E-state index >= 15 is 0 Å². The number of ether oxygens (including phenoxy) is 1. The van der Waals surface area contributed by atoms with Crippen LogP contribution in [0.25, 0.3) is 0 Å². The summed E-state index contributed by atoms with van der Waals surface area (Å²) in [6, 6.07) is 0. The number of alkyl halides is 3. The van der Waals surface area contributed by atoms with Crippen LogP contribution in [0.5, 0.6) is 0 Å². The Morgan fingerprint density at radius 2 is 1.08 bits per heavy atom. The van der Waals surface area contributed by atoms with E-state index in [9.17, 15) is 13.2 Å².